The summed E-state index contributed by atoms with van der Waals surface area (Å²) in [6, 6.07) is 0. The Kier molecular flexibility index (Phi) is 1.62. The summed E-state index contributed by atoms with van der Waals surface area (Å²) >= 11 is 3.18. The van der Waals surface area contributed by atoms with Crippen molar-refractivity contribution in [2.45, 2.75) is 13.5 Å². The molecule has 0 aromatic carbocycles. The highest BCUT2D eigenvalue weighted by atomic mass is 79.9. The van der Waals surface area contributed by atoms with Crippen molar-refractivity contribution in [3.05, 3.63) is 10.8 Å². The van der Waals surface area contributed by atoms with Crippen LogP contribution in [-0.2, 0) is 6.54 Å². The fourth-order valence-electron chi connectivity index (χ4n) is 0.429. The summed E-state index contributed by atoms with van der Waals surface area (Å²) in [5, 5.41) is 7.47. The van der Waals surface area contributed by atoms with E-state index in [1.807, 2.05) is 13.1 Å². The standard InChI is InChI=1S/C4H6BrN3/c1-2-8-3-4(5)6-7-8/h3H,2H2,1H3. The molecule has 0 radical (unpaired) electrons. The molecule has 0 aliphatic rings. The van der Waals surface area contributed by atoms with Gasteiger partial charge in [0.15, 0.2) is 0 Å². The monoisotopic (exact) mass is 175 g/mol. The van der Waals surface area contributed by atoms with Crippen LogP contribution in [0.3, 0.4) is 0 Å². The van der Waals surface area contributed by atoms with E-state index >= 15 is 0 Å². The first-order valence-electron chi connectivity index (χ1n) is 2.38. The van der Waals surface area contributed by atoms with Gasteiger partial charge in [0.1, 0.15) is 4.60 Å². The lowest BCUT2D eigenvalue weighted by atomic mass is 10.7. The van der Waals surface area contributed by atoms with Crippen molar-refractivity contribution in [2.75, 3.05) is 0 Å². The Hall–Kier alpha value is -0.380. The molecule has 1 aromatic heterocycles. The summed E-state index contributed by atoms with van der Waals surface area (Å²) in [6.07, 6.45) is 1.83. The topological polar surface area (TPSA) is 30.7 Å². The Labute approximate surface area is 55.8 Å². The molecular weight excluding hydrogens is 170 g/mol. The molecule has 0 aliphatic carbocycles. The predicted octanol–water partition coefficient (Wildman–Crippen LogP) is 1.06. The summed E-state index contributed by atoms with van der Waals surface area (Å²) in [5.74, 6) is 0. The van der Waals surface area contributed by atoms with Gasteiger partial charge in [0.2, 0.25) is 0 Å². The molecule has 0 saturated heterocycles. The van der Waals surface area contributed by atoms with Gasteiger partial charge in [-0.2, -0.15) is 0 Å². The van der Waals surface area contributed by atoms with Crippen molar-refractivity contribution < 1.29 is 0 Å². The third-order valence-corrected chi connectivity index (χ3v) is 1.20. The lowest BCUT2D eigenvalue weighted by Crippen LogP contribution is -1.93. The fraction of sp³-hybridized carbons (Fsp3) is 0.500. The summed E-state index contributed by atoms with van der Waals surface area (Å²) in [6.45, 7) is 2.89. The molecule has 1 aromatic rings. The van der Waals surface area contributed by atoms with Crippen molar-refractivity contribution in [1.82, 2.24) is 15.0 Å². The molecule has 0 N–H and O–H groups in total. The van der Waals surface area contributed by atoms with Crippen LogP contribution in [0.1, 0.15) is 6.92 Å². The lowest BCUT2D eigenvalue weighted by Gasteiger charge is -1.85. The minimum atomic E-state index is 0.791. The number of rotatable bonds is 1. The van der Waals surface area contributed by atoms with Gasteiger partial charge in [0, 0.05) is 6.54 Å². The van der Waals surface area contributed by atoms with E-state index in [1.54, 1.807) is 4.68 Å². The van der Waals surface area contributed by atoms with Crippen molar-refractivity contribution in [3.63, 3.8) is 0 Å². The van der Waals surface area contributed by atoms with Gasteiger partial charge in [0.05, 0.1) is 6.20 Å². The van der Waals surface area contributed by atoms with Crippen LogP contribution in [0.15, 0.2) is 10.8 Å². The first-order chi connectivity index (χ1) is 3.83. The minimum Gasteiger partial charge on any atom is -0.252 e. The molecule has 0 saturated carbocycles. The van der Waals surface area contributed by atoms with Gasteiger partial charge < -0.3 is 0 Å². The van der Waals surface area contributed by atoms with Gasteiger partial charge in [-0.3, -0.25) is 4.68 Å². The molecule has 0 spiro atoms. The Balaban J connectivity index is 2.84. The summed E-state index contributed by atoms with van der Waals surface area (Å²) in [7, 11) is 0. The van der Waals surface area contributed by atoms with Crippen molar-refractivity contribution in [2.24, 2.45) is 0 Å². The first-order valence-corrected chi connectivity index (χ1v) is 3.18. The summed E-state index contributed by atoms with van der Waals surface area (Å²) in [4.78, 5) is 0. The highest BCUT2D eigenvalue weighted by Gasteiger charge is 1.89. The van der Waals surface area contributed by atoms with Crippen LogP contribution in [0.25, 0.3) is 0 Å². The van der Waals surface area contributed by atoms with Gasteiger partial charge in [-0.25, -0.2) is 0 Å². The van der Waals surface area contributed by atoms with Gasteiger partial charge in [0.25, 0.3) is 0 Å². The molecule has 3 nitrogen and oxygen atoms in total. The van der Waals surface area contributed by atoms with Gasteiger partial charge >= 0.3 is 0 Å². The molecule has 44 valence electrons. The van der Waals surface area contributed by atoms with Crippen LogP contribution < -0.4 is 0 Å². The molecule has 0 fully saturated rings. The van der Waals surface area contributed by atoms with Crippen LogP contribution >= 0.6 is 15.9 Å². The van der Waals surface area contributed by atoms with E-state index in [-0.39, 0.29) is 0 Å². The van der Waals surface area contributed by atoms with Crippen LogP contribution in [0.2, 0.25) is 0 Å². The Morgan fingerprint density at radius 2 is 2.62 bits per heavy atom. The van der Waals surface area contributed by atoms with Crippen molar-refractivity contribution >= 4 is 15.9 Å². The molecule has 0 unspecified atom stereocenters. The second-order valence-corrected chi connectivity index (χ2v) is 2.21. The number of nitrogens with zero attached hydrogens (tertiary/aromatic N) is 3. The SMILES string of the molecule is CCn1cc(Br)nn1. The Bertz CT molecular complexity index is 172. The zero-order valence-electron chi connectivity index (χ0n) is 4.50. The second kappa shape index (κ2) is 2.26. The highest BCUT2D eigenvalue weighted by Crippen LogP contribution is 2.00. The number of hydrogen-bond acceptors (Lipinski definition) is 2. The Morgan fingerprint density at radius 3 is 2.88 bits per heavy atom. The number of aryl methyl sites for hydroxylation is 1. The maximum Gasteiger partial charge on any atom is 0.148 e. The zero-order chi connectivity index (χ0) is 5.98. The third kappa shape index (κ3) is 1.06. The van der Waals surface area contributed by atoms with E-state index in [0.717, 1.165) is 11.1 Å². The van der Waals surface area contributed by atoms with Gasteiger partial charge in [-0.05, 0) is 22.9 Å². The maximum absolute atomic E-state index is 3.75. The first kappa shape index (κ1) is 5.75. The minimum absolute atomic E-state index is 0.791. The molecule has 0 aliphatic heterocycles. The van der Waals surface area contributed by atoms with Crippen LogP contribution in [0.5, 0.6) is 0 Å². The number of halogens is 1. The highest BCUT2D eigenvalue weighted by molar-refractivity contribution is 9.10. The third-order valence-electron chi connectivity index (χ3n) is 0.835. The molecule has 1 rings (SSSR count). The summed E-state index contributed by atoms with van der Waals surface area (Å²) < 4.78 is 2.55. The smallest absolute Gasteiger partial charge is 0.148 e. The average Bonchev–Trinajstić information content (AvgIpc) is 2.14. The van der Waals surface area contributed by atoms with Crippen LogP contribution in [0.4, 0.5) is 0 Å². The second-order valence-electron chi connectivity index (χ2n) is 1.40. The molecule has 4 heteroatoms. The quantitative estimate of drug-likeness (QED) is 0.640. The van der Waals surface area contributed by atoms with Crippen LogP contribution in [-0.4, -0.2) is 15.0 Å². The molecule has 0 amide bonds. The van der Waals surface area contributed by atoms with Crippen molar-refractivity contribution in [1.29, 1.82) is 0 Å². The zero-order valence-corrected chi connectivity index (χ0v) is 6.09. The normalized spacial score (nSPS) is 9.75. The van der Waals surface area contributed by atoms with E-state index in [2.05, 4.69) is 26.2 Å². The lowest BCUT2D eigenvalue weighted by molar-refractivity contribution is 0.626. The summed E-state index contributed by atoms with van der Waals surface area (Å²) in [5.41, 5.74) is 0. The molecule has 1 heterocycles. The van der Waals surface area contributed by atoms with E-state index < -0.39 is 0 Å². The molecule has 8 heavy (non-hydrogen) atoms. The predicted molar refractivity (Wildman–Crippen MR) is 33.4 cm³/mol. The number of hydrogen-bond donors (Lipinski definition) is 0. The van der Waals surface area contributed by atoms with E-state index in [4.69, 9.17) is 0 Å². The maximum atomic E-state index is 3.75. The average molecular weight is 176 g/mol. The van der Waals surface area contributed by atoms with Crippen LogP contribution in [0, 0.1) is 0 Å². The van der Waals surface area contributed by atoms with E-state index in [1.165, 1.54) is 0 Å². The molecule has 0 bridgehead atoms. The van der Waals surface area contributed by atoms with Crippen molar-refractivity contribution in [3.8, 4) is 0 Å². The van der Waals surface area contributed by atoms with E-state index in [9.17, 15) is 0 Å². The molecule has 0 atom stereocenters. The number of aromatic nitrogens is 3. The van der Waals surface area contributed by atoms with Gasteiger partial charge in [-0.1, -0.05) is 5.21 Å². The largest absolute Gasteiger partial charge is 0.252 e. The molecular formula is C4H6BrN3. The van der Waals surface area contributed by atoms with Gasteiger partial charge in [-0.15, -0.1) is 5.10 Å². The fourth-order valence-corrected chi connectivity index (χ4v) is 0.737. The van der Waals surface area contributed by atoms with E-state index in [0.29, 0.717) is 0 Å². The Morgan fingerprint density at radius 1 is 1.88 bits per heavy atom.